The van der Waals surface area contributed by atoms with E-state index in [4.69, 9.17) is 11.6 Å². The third-order valence-corrected chi connectivity index (χ3v) is 1.06. The van der Waals surface area contributed by atoms with Crippen LogP contribution >= 0.6 is 11.6 Å². The Morgan fingerprint density at radius 1 is 1.58 bits per heavy atom. The van der Waals surface area contributed by atoms with Crippen LogP contribution in [0.2, 0.25) is 0 Å². The van der Waals surface area contributed by atoms with Crippen molar-refractivity contribution in [2.75, 3.05) is 0 Å². The van der Waals surface area contributed by atoms with Gasteiger partial charge < -0.3 is 10.1 Å². The van der Waals surface area contributed by atoms with Crippen molar-refractivity contribution in [3.8, 4) is 0 Å². The summed E-state index contributed by atoms with van der Waals surface area (Å²) in [6.07, 6.45) is -0.737. The maximum absolute atomic E-state index is 10.8. The molecule has 0 heterocycles. The van der Waals surface area contributed by atoms with Gasteiger partial charge in [0.1, 0.15) is 0 Å². The molecule has 0 saturated carbocycles. The van der Waals surface area contributed by atoms with Crippen molar-refractivity contribution >= 4 is 22.9 Å². The molecule has 5 heteroatoms. The molecule has 1 atom stereocenters. The van der Waals surface area contributed by atoms with Crippen LogP contribution < -0.4 is 5.32 Å². The Bertz CT molecular complexity index is 215. The van der Waals surface area contributed by atoms with Gasteiger partial charge in [-0.2, -0.15) is 0 Å². The number of carbonyl (C=O) groups excluding carboxylic acids is 2. The number of esters is 1. The zero-order valence-electron chi connectivity index (χ0n) is 6.89. The van der Waals surface area contributed by atoms with Gasteiger partial charge in [-0.05, 0) is 25.4 Å². The van der Waals surface area contributed by atoms with Crippen molar-refractivity contribution in [2.45, 2.75) is 20.1 Å². The molecule has 0 bridgehead atoms. The van der Waals surface area contributed by atoms with Crippen LogP contribution in [0.4, 0.5) is 4.79 Å². The Morgan fingerprint density at radius 2 is 2.08 bits per heavy atom. The number of ether oxygens (including phenoxy) is 1. The number of nitrogens with one attached hydrogen (secondary N) is 1. The summed E-state index contributed by atoms with van der Waals surface area (Å²) >= 11 is 4.97. The first kappa shape index (κ1) is 11.0. The van der Waals surface area contributed by atoms with Gasteiger partial charge in [0.2, 0.25) is 0 Å². The topological polar surface area (TPSA) is 55.4 Å². The maximum atomic E-state index is 10.8. The van der Waals surface area contributed by atoms with E-state index < -0.39 is 17.6 Å². The van der Waals surface area contributed by atoms with Crippen molar-refractivity contribution in [3.05, 3.63) is 12.2 Å². The molecule has 0 saturated heterocycles. The average molecular weight is 192 g/mol. The third kappa shape index (κ3) is 4.73. The smallest absolute Gasteiger partial charge is 0.335 e. The molecule has 0 aliphatic rings. The van der Waals surface area contributed by atoms with Crippen LogP contribution in [0.3, 0.4) is 0 Å². The maximum Gasteiger partial charge on any atom is 0.335 e. The quantitative estimate of drug-likeness (QED) is 0.241. The van der Waals surface area contributed by atoms with Gasteiger partial charge in [-0.25, -0.2) is 4.79 Å². The minimum absolute atomic E-state index is 0.269. The van der Waals surface area contributed by atoms with Gasteiger partial charge in [-0.1, -0.05) is 6.58 Å². The molecule has 1 amide bonds. The largest absolute Gasteiger partial charge is 0.439 e. The number of halogens is 1. The Hall–Kier alpha value is -1.03. The first-order valence-electron chi connectivity index (χ1n) is 3.26. The van der Waals surface area contributed by atoms with Crippen LogP contribution in [0.1, 0.15) is 13.8 Å². The lowest BCUT2D eigenvalue weighted by molar-refractivity contribution is -0.144. The lowest BCUT2D eigenvalue weighted by atomic mass is 10.4. The summed E-state index contributed by atoms with van der Waals surface area (Å²) in [5, 5.41) is 1.40. The highest BCUT2D eigenvalue weighted by Gasteiger charge is 2.10. The average Bonchev–Trinajstić information content (AvgIpc) is 1.84. The number of amides is 1. The van der Waals surface area contributed by atoms with E-state index in [-0.39, 0.29) is 5.57 Å². The van der Waals surface area contributed by atoms with E-state index in [1.807, 2.05) is 0 Å². The highest BCUT2D eigenvalue weighted by molar-refractivity contribution is 6.62. The van der Waals surface area contributed by atoms with E-state index >= 15 is 0 Å². The molecule has 0 aliphatic carbocycles. The normalized spacial score (nSPS) is 11.6. The van der Waals surface area contributed by atoms with Crippen molar-refractivity contribution in [1.29, 1.82) is 0 Å². The molecule has 1 N–H and O–H groups in total. The van der Waals surface area contributed by atoms with Gasteiger partial charge in [0.25, 0.3) is 0 Å². The predicted octanol–water partition coefficient (Wildman–Crippen LogP) is 1.40. The third-order valence-electron chi connectivity index (χ3n) is 0.949. The van der Waals surface area contributed by atoms with Gasteiger partial charge in [0.15, 0.2) is 6.23 Å². The zero-order chi connectivity index (χ0) is 9.72. The number of carbonyl (C=O) groups is 2. The standard InChI is InChI=1S/C7H10ClNO3/c1-4(2)6(10)12-5(3)9-7(8)11/h5H,1H2,2-3H3,(H,9,11). The zero-order valence-corrected chi connectivity index (χ0v) is 7.64. The van der Waals surface area contributed by atoms with Crippen LogP contribution in [-0.2, 0) is 9.53 Å². The summed E-state index contributed by atoms with van der Waals surface area (Å²) in [7, 11) is 0. The number of hydrogen-bond donors (Lipinski definition) is 1. The molecule has 0 aromatic carbocycles. The van der Waals surface area contributed by atoms with Crippen LogP contribution in [-0.4, -0.2) is 17.6 Å². The van der Waals surface area contributed by atoms with E-state index in [1.165, 1.54) is 13.8 Å². The fraction of sp³-hybridized carbons (Fsp3) is 0.429. The van der Waals surface area contributed by atoms with E-state index in [0.29, 0.717) is 0 Å². The highest BCUT2D eigenvalue weighted by Crippen LogP contribution is 1.96. The Labute approximate surface area is 75.5 Å². The van der Waals surface area contributed by atoms with Crippen molar-refractivity contribution in [1.82, 2.24) is 5.32 Å². The summed E-state index contributed by atoms with van der Waals surface area (Å²) in [5.41, 5.74) is 0.269. The van der Waals surface area contributed by atoms with Gasteiger partial charge in [0.05, 0.1) is 0 Å². The highest BCUT2D eigenvalue weighted by atomic mass is 35.5. The van der Waals surface area contributed by atoms with Gasteiger partial charge in [0, 0.05) is 5.57 Å². The van der Waals surface area contributed by atoms with Crippen LogP contribution in [0.5, 0.6) is 0 Å². The molecular weight excluding hydrogens is 182 g/mol. The lowest BCUT2D eigenvalue weighted by Gasteiger charge is -2.12. The van der Waals surface area contributed by atoms with E-state index in [9.17, 15) is 9.59 Å². The van der Waals surface area contributed by atoms with Gasteiger partial charge >= 0.3 is 11.3 Å². The van der Waals surface area contributed by atoms with E-state index in [0.717, 1.165) is 0 Å². The molecule has 12 heavy (non-hydrogen) atoms. The molecule has 4 nitrogen and oxygen atoms in total. The monoisotopic (exact) mass is 191 g/mol. The second-order valence-electron chi connectivity index (χ2n) is 2.25. The summed E-state index contributed by atoms with van der Waals surface area (Å²) in [6, 6.07) is 0. The molecule has 0 radical (unpaired) electrons. The lowest BCUT2D eigenvalue weighted by Crippen LogP contribution is -2.32. The van der Waals surface area contributed by atoms with E-state index in [1.54, 1.807) is 0 Å². The Kier molecular flexibility index (Phi) is 4.36. The minimum Gasteiger partial charge on any atom is -0.439 e. The van der Waals surface area contributed by atoms with Crippen LogP contribution in [0.15, 0.2) is 12.2 Å². The minimum atomic E-state index is -0.767. The molecule has 0 rings (SSSR count). The molecule has 1 unspecified atom stereocenters. The number of hydrogen-bond acceptors (Lipinski definition) is 3. The predicted molar refractivity (Wildman–Crippen MR) is 44.8 cm³/mol. The fourth-order valence-electron chi connectivity index (χ4n) is 0.450. The molecular formula is C7H10ClNO3. The Morgan fingerprint density at radius 3 is 2.42 bits per heavy atom. The molecule has 68 valence electrons. The van der Waals surface area contributed by atoms with Crippen molar-refractivity contribution in [2.24, 2.45) is 0 Å². The van der Waals surface area contributed by atoms with Gasteiger partial charge in [-0.3, -0.25) is 4.79 Å². The van der Waals surface area contributed by atoms with Crippen LogP contribution in [0.25, 0.3) is 0 Å². The van der Waals surface area contributed by atoms with Gasteiger partial charge in [-0.15, -0.1) is 0 Å². The molecule has 0 aromatic rings. The first-order valence-corrected chi connectivity index (χ1v) is 3.63. The Balaban J connectivity index is 3.84. The number of rotatable bonds is 3. The van der Waals surface area contributed by atoms with Crippen molar-refractivity contribution in [3.63, 3.8) is 0 Å². The first-order chi connectivity index (χ1) is 5.43. The second-order valence-corrected chi connectivity index (χ2v) is 2.59. The SMILES string of the molecule is C=C(C)C(=O)OC(C)NC(=O)Cl. The molecule has 0 aromatic heterocycles. The molecule has 0 spiro atoms. The summed E-state index contributed by atoms with van der Waals surface area (Å²) < 4.78 is 4.67. The van der Waals surface area contributed by atoms with Crippen molar-refractivity contribution < 1.29 is 14.3 Å². The summed E-state index contributed by atoms with van der Waals surface area (Å²) in [6.45, 7) is 6.37. The molecule has 0 fully saturated rings. The van der Waals surface area contributed by atoms with Crippen LogP contribution in [0, 0.1) is 0 Å². The molecule has 0 aliphatic heterocycles. The second kappa shape index (κ2) is 4.77. The summed E-state index contributed by atoms with van der Waals surface area (Å²) in [4.78, 5) is 21.1. The summed E-state index contributed by atoms with van der Waals surface area (Å²) in [5.74, 6) is -0.562. The fourth-order valence-corrected chi connectivity index (χ4v) is 0.604. The van der Waals surface area contributed by atoms with E-state index in [2.05, 4.69) is 16.6 Å².